The fraction of sp³-hybridized carbons (Fsp3) is 0.143. The van der Waals surface area contributed by atoms with Crippen LogP contribution in [0, 0.1) is 5.82 Å². The average molecular weight is 323 g/mol. The molecule has 0 unspecified atom stereocenters. The molecule has 3 nitrogen and oxygen atoms in total. The Labute approximate surface area is 119 Å². The minimum Gasteiger partial charge on any atom is -0.350 e. The molecule has 19 heavy (non-hydrogen) atoms. The van der Waals surface area contributed by atoms with Crippen LogP contribution in [-0.4, -0.2) is 17.4 Å². The van der Waals surface area contributed by atoms with Gasteiger partial charge in [-0.1, -0.05) is 24.3 Å². The molecule has 5 heteroatoms. The van der Waals surface area contributed by atoms with Crippen molar-refractivity contribution in [3.63, 3.8) is 0 Å². The molecule has 98 valence electrons. The molecule has 0 spiro atoms. The number of benzene rings is 1. The van der Waals surface area contributed by atoms with Crippen LogP contribution >= 0.6 is 15.9 Å². The third-order valence-corrected chi connectivity index (χ3v) is 3.03. The SMILES string of the molecule is O=C(NCCc1ccccc1F)c1cccc(Br)n1. The molecule has 1 N–H and O–H groups in total. The van der Waals surface area contributed by atoms with Crippen LogP contribution in [0.3, 0.4) is 0 Å². The molecule has 1 amide bonds. The van der Waals surface area contributed by atoms with Crippen LogP contribution in [0.5, 0.6) is 0 Å². The lowest BCUT2D eigenvalue weighted by atomic mass is 10.1. The summed E-state index contributed by atoms with van der Waals surface area (Å²) < 4.78 is 14.0. The number of halogens is 2. The lowest BCUT2D eigenvalue weighted by Gasteiger charge is -2.05. The summed E-state index contributed by atoms with van der Waals surface area (Å²) in [5.41, 5.74) is 0.924. The molecule has 0 atom stereocenters. The quantitative estimate of drug-likeness (QED) is 0.879. The van der Waals surface area contributed by atoms with Gasteiger partial charge in [-0.25, -0.2) is 9.37 Å². The highest BCUT2D eigenvalue weighted by atomic mass is 79.9. The van der Waals surface area contributed by atoms with Crippen molar-refractivity contribution in [3.8, 4) is 0 Å². The number of hydrogen-bond donors (Lipinski definition) is 1. The first-order valence-corrected chi connectivity index (χ1v) is 6.60. The highest BCUT2D eigenvalue weighted by molar-refractivity contribution is 9.10. The largest absolute Gasteiger partial charge is 0.350 e. The van der Waals surface area contributed by atoms with Crippen LogP contribution in [0.25, 0.3) is 0 Å². The summed E-state index contributed by atoms with van der Waals surface area (Å²) >= 11 is 3.20. The normalized spacial score (nSPS) is 10.2. The van der Waals surface area contributed by atoms with Crippen LogP contribution < -0.4 is 5.32 Å². The van der Waals surface area contributed by atoms with E-state index in [2.05, 4.69) is 26.2 Å². The number of rotatable bonds is 4. The average Bonchev–Trinajstić information content (AvgIpc) is 2.41. The summed E-state index contributed by atoms with van der Waals surface area (Å²) in [5.74, 6) is -0.519. The fourth-order valence-corrected chi connectivity index (χ4v) is 1.98. The summed E-state index contributed by atoms with van der Waals surface area (Å²) in [7, 11) is 0. The molecular formula is C14H12BrFN2O. The van der Waals surface area contributed by atoms with Gasteiger partial charge in [0.05, 0.1) is 0 Å². The predicted molar refractivity (Wildman–Crippen MR) is 74.4 cm³/mol. The Balaban J connectivity index is 1.90. The van der Waals surface area contributed by atoms with E-state index in [1.807, 2.05) is 0 Å². The standard InChI is InChI=1S/C14H12BrFN2O/c15-13-7-3-6-12(18-13)14(19)17-9-8-10-4-1-2-5-11(10)16/h1-7H,8-9H2,(H,17,19). The van der Waals surface area contributed by atoms with Gasteiger partial charge in [0, 0.05) is 6.54 Å². The molecule has 0 saturated carbocycles. The van der Waals surface area contributed by atoms with E-state index in [9.17, 15) is 9.18 Å². The van der Waals surface area contributed by atoms with Crippen molar-refractivity contribution in [1.82, 2.24) is 10.3 Å². The van der Waals surface area contributed by atoms with E-state index in [1.165, 1.54) is 6.07 Å². The molecule has 0 aliphatic carbocycles. The molecule has 2 rings (SSSR count). The van der Waals surface area contributed by atoms with E-state index >= 15 is 0 Å². The van der Waals surface area contributed by atoms with Crippen molar-refractivity contribution in [3.05, 3.63) is 64.1 Å². The van der Waals surface area contributed by atoms with Crippen molar-refractivity contribution < 1.29 is 9.18 Å². The molecule has 0 aliphatic heterocycles. The van der Waals surface area contributed by atoms with E-state index < -0.39 is 0 Å². The highest BCUT2D eigenvalue weighted by Gasteiger charge is 2.07. The van der Waals surface area contributed by atoms with Gasteiger partial charge in [-0.15, -0.1) is 0 Å². The van der Waals surface area contributed by atoms with Crippen LogP contribution in [-0.2, 0) is 6.42 Å². The zero-order valence-corrected chi connectivity index (χ0v) is 11.7. The Kier molecular flexibility index (Phi) is 4.63. The molecule has 0 fully saturated rings. The van der Waals surface area contributed by atoms with Gasteiger partial charge < -0.3 is 5.32 Å². The summed E-state index contributed by atoms with van der Waals surface area (Å²) in [6, 6.07) is 11.6. The molecule has 1 heterocycles. The van der Waals surface area contributed by atoms with Crippen LogP contribution in [0.4, 0.5) is 4.39 Å². The predicted octanol–water partition coefficient (Wildman–Crippen LogP) is 2.96. The van der Waals surface area contributed by atoms with Gasteiger partial charge in [0.2, 0.25) is 0 Å². The Bertz CT molecular complexity index is 589. The van der Waals surface area contributed by atoms with E-state index in [1.54, 1.807) is 36.4 Å². The smallest absolute Gasteiger partial charge is 0.269 e. The van der Waals surface area contributed by atoms with Crippen molar-refractivity contribution in [1.29, 1.82) is 0 Å². The van der Waals surface area contributed by atoms with Gasteiger partial charge in [0.25, 0.3) is 5.91 Å². The molecule has 0 aliphatic rings. The number of carbonyl (C=O) groups excluding carboxylic acids is 1. The Morgan fingerprint density at radius 3 is 2.74 bits per heavy atom. The number of nitrogens with one attached hydrogen (secondary N) is 1. The fourth-order valence-electron chi connectivity index (χ4n) is 1.64. The summed E-state index contributed by atoms with van der Waals surface area (Å²) in [6.07, 6.45) is 0.451. The van der Waals surface area contributed by atoms with Gasteiger partial charge >= 0.3 is 0 Å². The van der Waals surface area contributed by atoms with E-state index in [4.69, 9.17) is 0 Å². The van der Waals surface area contributed by atoms with Gasteiger partial charge in [0.1, 0.15) is 16.1 Å². The minimum atomic E-state index is -0.266. The van der Waals surface area contributed by atoms with E-state index in [-0.39, 0.29) is 11.7 Å². The van der Waals surface area contributed by atoms with Crippen LogP contribution in [0.2, 0.25) is 0 Å². The molecule has 1 aromatic heterocycles. The molecular weight excluding hydrogens is 311 g/mol. The number of hydrogen-bond acceptors (Lipinski definition) is 2. The summed E-state index contributed by atoms with van der Waals surface area (Å²) in [4.78, 5) is 15.8. The zero-order valence-electron chi connectivity index (χ0n) is 10.1. The van der Waals surface area contributed by atoms with Crippen molar-refractivity contribution in [2.45, 2.75) is 6.42 Å². The highest BCUT2D eigenvalue weighted by Crippen LogP contribution is 2.07. The Morgan fingerprint density at radius 1 is 1.21 bits per heavy atom. The van der Waals surface area contributed by atoms with Crippen LogP contribution in [0.1, 0.15) is 16.1 Å². The first kappa shape index (κ1) is 13.7. The third kappa shape index (κ3) is 3.86. The molecule has 0 radical (unpaired) electrons. The van der Waals surface area contributed by atoms with Gasteiger partial charge in [-0.2, -0.15) is 0 Å². The van der Waals surface area contributed by atoms with E-state index in [0.29, 0.717) is 28.8 Å². The number of nitrogens with zero attached hydrogens (tertiary/aromatic N) is 1. The second-order valence-corrected chi connectivity index (χ2v) is 4.76. The number of pyridine rings is 1. The summed E-state index contributed by atoms with van der Waals surface area (Å²) in [5, 5.41) is 2.71. The molecule has 0 saturated heterocycles. The van der Waals surface area contributed by atoms with Crippen LogP contribution in [0.15, 0.2) is 47.1 Å². The topological polar surface area (TPSA) is 42.0 Å². The van der Waals surface area contributed by atoms with Crippen molar-refractivity contribution in [2.24, 2.45) is 0 Å². The number of aromatic nitrogens is 1. The maximum Gasteiger partial charge on any atom is 0.269 e. The van der Waals surface area contributed by atoms with Gasteiger partial charge in [-0.3, -0.25) is 4.79 Å². The lowest BCUT2D eigenvalue weighted by Crippen LogP contribution is -2.26. The maximum absolute atomic E-state index is 13.4. The van der Waals surface area contributed by atoms with Gasteiger partial charge in [-0.05, 0) is 46.1 Å². The molecule has 1 aromatic carbocycles. The third-order valence-electron chi connectivity index (χ3n) is 2.59. The second-order valence-electron chi connectivity index (χ2n) is 3.94. The summed E-state index contributed by atoms with van der Waals surface area (Å²) in [6.45, 7) is 0.369. The monoisotopic (exact) mass is 322 g/mol. The maximum atomic E-state index is 13.4. The Morgan fingerprint density at radius 2 is 2.00 bits per heavy atom. The molecule has 2 aromatic rings. The van der Waals surface area contributed by atoms with E-state index in [0.717, 1.165) is 0 Å². The number of amides is 1. The second kappa shape index (κ2) is 6.43. The number of carbonyl (C=O) groups is 1. The minimum absolute atomic E-state index is 0.252. The molecule has 0 bridgehead atoms. The lowest BCUT2D eigenvalue weighted by molar-refractivity contribution is 0.0949. The van der Waals surface area contributed by atoms with Crippen molar-refractivity contribution >= 4 is 21.8 Å². The van der Waals surface area contributed by atoms with Gasteiger partial charge in [0.15, 0.2) is 0 Å². The van der Waals surface area contributed by atoms with Crippen molar-refractivity contribution in [2.75, 3.05) is 6.54 Å². The zero-order chi connectivity index (χ0) is 13.7. The first-order valence-electron chi connectivity index (χ1n) is 5.81. The Hall–Kier alpha value is -1.75. The first-order chi connectivity index (χ1) is 9.16.